The lowest BCUT2D eigenvalue weighted by Crippen LogP contribution is -2.48. The molecule has 0 saturated carbocycles. The molecule has 3 heterocycles. The number of pyridine rings is 2. The van der Waals surface area contributed by atoms with Gasteiger partial charge in [0.15, 0.2) is 0 Å². The highest BCUT2D eigenvalue weighted by atomic mass is 127. The molecule has 0 radical (unpaired) electrons. The standard InChI is InChI=1S/C22H21ClIN5O/c1-15-14-28(10-11-29(15)24)21-8-5-16(13-26-21)22(30)27-17-6-7-19(23)18(12-17)20-4-2-3-9-25-20/h2-9,12-13,15H,10-11,14H2,1H3,(H,27,30)/t15-/m0/s1. The van der Waals surface area contributed by atoms with E-state index in [0.717, 1.165) is 36.7 Å². The second-order valence-corrected chi connectivity index (χ2v) is 8.83. The summed E-state index contributed by atoms with van der Waals surface area (Å²) in [5, 5.41) is 3.50. The summed E-state index contributed by atoms with van der Waals surface area (Å²) in [7, 11) is 0. The summed E-state index contributed by atoms with van der Waals surface area (Å²) in [6.07, 6.45) is 3.34. The molecule has 30 heavy (non-hydrogen) atoms. The Morgan fingerprint density at radius 1 is 1.17 bits per heavy atom. The second kappa shape index (κ2) is 9.28. The van der Waals surface area contributed by atoms with Crippen LogP contribution in [0, 0.1) is 0 Å². The number of aromatic nitrogens is 2. The minimum Gasteiger partial charge on any atom is -0.354 e. The second-order valence-electron chi connectivity index (χ2n) is 7.19. The first-order valence-corrected chi connectivity index (χ1v) is 11.0. The summed E-state index contributed by atoms with van der Waals surface area (Å²) in [5.41, 5.74) is 2.69. The van der Waals surface area contributed by atoms with Crippen molar-refractivity contribution in [2.45, 2.75) is 13.0 Å². The van der Waals surface area contributed by atoms with E-state index in [9.17, 15) is 4.79 Å². The lowest BCUT2D eigenvalue weighted by Gasteiger charge is -2.36. The number of hydrogen-bond donors (Lipinski definition) is 1. The molecule has 1 atom stereocenters. The SMILES string of the molecule is C[C@H]1CN(c2ccc(C(=O)Nc3ccc(Cl)c(-c4ccccn4)c3)cn2)CCN1I. The molecule has 2 aromatic heterocycles. The van der Waals surface area contributed by atoms with Gasteiger partial charge in [-0.25, -0.2) is 8.10 Å². The van der Waals surface area contributed by atoms with Gasteiger partial charge in [0, 0.05) is 72.2 Å². The van der Waals surface area contributed by atoms with Crippen LogP contribution in [0.25, 0.3) is 11.3 Å². The summed E-state index contributed by atoms with van der Waals surface area (Å²) in [5.74, 6) is 0.681. The zero-order valence-corrected chi connectivity index (χ0v) is 19.3. The maximum atomic E-state index is 12.7. The molecule has 8 heteroatoms. The van der Waals surface area contributed by atoms with Crippen LogP contribution in [0.15, 0.2) is 60.9 Å². The highest BCUT2D eigenvalue weighted by molar-refractivity contribution is 14.1. The van der Waals surface area contributed by atoms with Gasteiger partial charge in [-0.05, 0) is 49.4 Å². The Kier molecular flexibility index (Phi) is 6.50. The van der Waals surface area contributed by atoms with Gasteiger partial charge in [-0.3, -0.25) is 9.78 Å². The third kappa shape index (κ3) is 4.74. The topological polar surface area (TPSA) is 61.4 Å². The molecule has 1 aliphatic rings. The van der Waals surface area contributed by atoms with Crippen molar-refractivity contribution in [2.24, 2.45) is 0 Å². The summed E-state index contributed by atoms with van der Waals surface area (Å²) < 4.78 is 2.31. The Bertz CT molecular complexity index is 1030. The number of anilines is 2. The first-order valence-electron chi connectivity index (χ1n) is 9.67. The van der Waals surface area contributed by atoms with Gasteiger partial charge in [0.05, 0.1) is 16.3 Å². The molecule has 6 nitrogen and oxygen atoms in total. The van der Waals surface area contributed by atoms with Gasteiger partial charge in [-0.1, -0.05) is 17.7 Å². The maximum Gasteiger partial charge on any atom is 0.257 e. The fourth-order valence-corrected chi connectivity index (χ4v) is 3.98. The van der Waals surface area contributed by atoms with E-state index in [0.29, 0.717) is 22.3 Å². The average molecular weight is 534 g/mol. The zero-order valence-electron chi connectivity index (χ0n) is 16.4. The Balaban J connectivity index is 1.47. The van der Waals surface area contributed by atoms with Crippen LogP contribution in [0.2, 0.25) is 5.02 Å². The number of rotatable bonds is 4. The number of amides is 1. The average Bonchev–Trinajstić information content (AvgIpc) is 2.77. The van der Waals surface area contributed by atoms with E-state index in [2.05, 4.69) is 53.1 Å². The molecule has 3 aromatic rings. The van der Waals surface area contributed by atoms with Crippen molar-refractivity contribution in [3.05, 3.63) is 71.5 Å². The van der Waals surface area contributed by atoms with Crippen molar-refractivity contribution < 1.29 is 4.79 Å². The first-order chi connectivity index (χ1) is 14.5. The normalized spacial score (nSPS) is 17.0. The first kappa shape index (κ1) is 21.0. The van der Waals surface area contributed by atoms with Gasteiger partial charge < -0.3 is 10.2 Å². The Morgan fingerprint density at radius 2 is 2.03 bits per heavy atom. The highest BCUT2D eigenvalue weighted by Crippen LogP contribution is 2.29. The van der Waals surface area contributed by atoms with Gasteiger partial charge in [-0.15, -0.1) is 0 Å². The van der Waals surface area contributed by atoms with Crippen LogP contribution in [0.5, 0.6) is 0 Å². The predicted molar refractivity (Wildman–Crippen MR) is 129 cm³/mol. The van der Waals surface area contributed by atoms with E-state index in [1.165, 1.54) is 0 Å². The van der Waals surface area contributed by atoms with Crippen molar-refractivity contribution in [3.8, 4) is 11.3 Å². The zero-order chi connectivity index (χ0) is 21.1. The maximum absolute atomic E-state index is 12.7. The fourth-order valence-electron chi connectivity index (χ4n) is 3.38. The van der Waals surface area contributed by atoms with E-state index in [1.807, 2.05) is 36.4 Å². The number of halogens is 2. The monoisotopic (exact) mass is 533 g/mol. The van der Waals surface area contributed by atoms with Crippen LogP contribution in [0.3, 0.4) is 0 Å². The van der Waals surface area contributed by atoms with Gasteiger partial charge in [0.2, 0.25) is 0 Å². The van der Waals surface area contributed by atoms with Crippen molar-refractivity contribution in [2.75, 3.05) is 29.9 Å². The Morgan fingerprint density at radius 3 is 2.73 bits per heavy atom. The van der Waals surface area contributed by atoms with Crippen LogP contribution in [0.1, 0.15) is 17.3 Å². The Labute approximate surface area is 194 Å². The van der Waals surface area contributed by atoms with Crippen molar-refractivity contribution >= 4 is 51.9 Å². The van der Waals surface area contributed by atoms with E-state index < -0.39 is 0 Å². The van der Waals surface area contributed by atoms with Gasteiger partial charge in [-0.2, -0.15) is 0 Å². The summed E-state index contributed by atoms with van der Waals surface area (Å²) in [4.78, 5) is 23.8. The lowest BCUT2D eigenvalue weighted by atomic mass is 10.1. The third-order valence-corrected chi connectivity index (χ3v) is 6.81. The highest BCUT2D eigenvalue weighted by Gasteiger charge is 2.22. The van der Waals surface area contributed by atoms with Gasteiger partial charge in [0.25, 0.3) is 5.91 Å². The number of piperazine rings is 1. The van der Waals surface area contributed by atoms with Crippen LogP contribution >= 0.6 is 34.5 Å². The predicted octanol–water partition coefficient (Wildman–Crippen LogP) is 4.91. The number of nitrogens with one attached hydrogen (secondary N) is 1. The minimum absolute atomic E-state index is 0.214. The number of hydrogen-bond acceptors (Lipinski definition) is 5. The van der Waals surface area contributed by atoms with E-state index in [4.69, 9.17) is 11.6 Å². The number of carbonyl (C=O) groups excluding carboxylic acids is 1. The molecular formula is C22H21ClIN5O. The summed E-state index contributed by atoms with van der Waals surface area (Å²) in [6.45, 7) is 5.03. The molecule has 1 saturated heterocycles. The van der Waals surface area contributed by atoms with Crippen molar-refractivity contribution in [1.82, 2.24) is 13.1 Å². The quantitative estimate of drug-likeness (QED) is 0.381. The molecule has 0 bridgehead atoms. The van der Waals surface area contributed by atoms with Gasteiger partial charge >= 0.3 is 0 Å². The minimum atomic E-state index is -0.214. The molecule has 0 spiro atoms. The molecule has 154 valence electrons. The smallest absolute Gasteiger partial charge is 0.257 e. The molecule has 0 aliphatic carbocycles. The number of benzene rings is 1. The molecule has 1 aliphatic heterocycles. The van der Waals surface area contributed by atoms with Gasteiger partial charge in [0.1, 0.15) is 5.82 Å². The van der Waals surface area contributed by atoms with Crippen LogP contribution in [0.4, 0.5) is 11.5 Å². The third-order valence-electron chi connectivity index (χ3n) is 5.05. The molecular weight excluding hydrogens is 513 g/mol. The van der Waals surface area contributed by atoms with Crippen LogP contribution in [-0.4, -0.2) is 44.7 Å². The molecule has 1 N–H and O–H groups in total. The number of carbonyl (C=O) groups is 1. The van der Waals surface area contributed by atoms with Crippen molar-refractivity contribution in [3.63, 3.8) is 0 Å². The van der Waals surface area contributed by atoms with E-state index in [-0.39, 0.29) is 5.91 Å². The lowest BCUT2D eigenvalue weighted by molar-refractivity contribution is 0.102. The summed E-state index contributed by atoms with van der Waals surface area (Å²) >= 11 is 8.69. The molecule has 4 rings (SSSR count). The molecule has 1 fully saturated rings. The van der Waals surface area contributed by atoms with E-state index in [1.54, 1.807) is 24.5 Å². The molecule has 0 unspecified atom stereocenters. The fraction of sp³-hybridized carbons (Fsp3) is 0.227. The van der Waals surface area contributed by atoms with Crippen molar-refractivity contribution in [1.29, 1.82) is 0 Å². The number of nitrogens with zero attached hydrogens (tertiary/aromatic N) is 4. The molecule has 1 aromatic carbocycles. The largest absolute Gasteiger partial charge is 0.354 e. The Hall–Kier alpha value is -2.23. The summed E-state index contributed by atoms with van der Waals surface area (Å²) in [6, 6.07) is 15.2. The molecule has 1 amide bonds. The van der Waals surface area contributed by atoms with Crippen LogP contribution in [-0.2, 0) is 0 Å². The van der Waals surface area contributed by atoms with E-state index >= 15 is 0 Å². The van der Waals surface area contributed by atoms with Crippen LogP contribution < -0.4 is 10.2 Å².